The summed E-state index contributed by atoms with van der Waals surface area (Å²) in [5, 5.41) is 7.86. The molecule has 0 nitrogen and oxygen atoms in total. The first kappa shape index (κ1) is 25.7. The molecule has 0 amide bonds. The first-order chi connectivity index (χ1) is 16.4. The molecule has 1 aliphatic carbocycles. The first-order valence-electron chi connectivity index (χ1n) is 13.0. The van der Waals surface area contributed by atoms with Crippen LogP contribution in [0.2, 0.25) is 19.6 Å². The van der Waals surface area contributed by atoms with Crippen molar-refractivity contribution in [2.75, 3.05) is 0 Å². The van der Waals surface area contributed by atoms with Gasteiger partial charge in [-0.15, -0.1) is 0 Å². The average molecular weight is 495 g/mol. The molecule has 2 heteroatoms. The van der Waals surface area contributed by atoms with Gasteiger partial charge in [0.25, 0.3) is 0 Å². The lowest BCUT2D eigenvalue weighted by Crippen LogP contribution is -2.71. The standard InChI is InChI=1S/C33H42Si2/c1-22-19-30(34(8,9)10)21-31(20-22)35(29-16-12-11-13-17-29,32-18-14-15-23(2)24(32)3)33-27(6)25(4)26(5)28(33)7/h11-21,27H,1-10H3. The Morgan fingerprint density at radius 2 is 1.26 bits per heavy atom. The largest absolute Gasteiger partial charge is 0.176 e. The number of benzene rings is 3. The van der Waals surface area contributed by atoms with Crippen LogP contribution in [0.4, 0.5) is 0 Å². The van der Waals surface area contributed by atoms with Crippen LogP contribution in [0.1, 0.15) is 44.4 Å². The summed E-state index contributed by atoms with van der Waals surface area (Å²) in [7, 11) is -4.06. The van der Waals surface area contributed by atoms with E-state index in [1.165, 1.54) is 38.6 Å². The predicted octanol–water partition coefficient (Wildman–Crippen LogP) is 6.47. The minimum atomic E-state index is -2.56. The molecule has 0 fully saturated rings. The second-order valence-corrected chi connectivity index (χ2v) is 20.6. The van der Waals surface area contributed by atoms with Crippen molar-refractivity contribution in [3.8, 4) is 0 Å². The van der Waals surface area contributed by atoms with Gasteiger partial charge in [-0.2, -0.15) is 0 Å². The Kier molecular flexibility index (Phi) is 6.76. The highest BCUT2D eigenvalue weighted by Crippen LogP contribution is 2.41. The molecule has 0 radical (unpaired) electrons. The summed E-state index contributed by atoms with van der Waals surface area (Å²) >= 11 is 0. The fraction of sp³-hybridized carbons (Fsp3) is 0.333. The van der Waals surface area contributed by atoms with Gasteiger partial charge in [-0.25, -0.2) is 0 Å². The third kappa shape index (κ3) is 4.15. The first-order valence-corrected chi connectivity index (χ1v) is 18.5. The zero-order valence-corrected chi connectivity index (χ0v) is 25.4. The molecule has 3 aromatic carbocycles. The highest BCUT2D eigenvalue weighted by Gasteiger charge is 2.49. The Bertz CT molecular complexity index is 1340. The summed E-state index contributed by atoms with van der Waals surface area (Å²) < 4.78 is 0. The third-order valence-corrected chi connectivity index (χ3v) is 16.0. The third-order valence-electron chi connectivity index (χ3n) is 8.64. The van der Waals surface area contributed by atoms with Crippen LogP contribution in [-0.2, 0) is 0 Å². The Morgan fingerprint density at radius 1 is 0.629 bits per heavy atom. The van der Waals surface area contributed by atoms with Crippen molar-refractivity contribution in [1.29, 1.82) is 0 Å². The topological polar surface area (TPSA) is 0 Å². The molecule has 0 spiro atoms. The van der Waals surface area contributed by atoms with Crippen molar-refractivity contribution in [3.63, 3.8) is 0 Å². The van der Waals surface area contributed by atoms with Crippen molar-refractivity contribution < 1.29 is 0 Å². The maximum absolute atomic E-state index is 2.62. The van der Waals surface area contributed by atoms with E-state index >= 15 is 0 Å². The summed E-state index contributed by atoms with van der Waals surface area (Å²) in [5.41, 5.74) is 8.77. The second kappa shape index (κ2) is 9.22. The molecule has 1 aliphatic rings. The van der Waals surface area contributed by atoms with E-state index in [-0.39, 0.29) is 0 Å². The smallest absolute Gasteiger partial charge is 0.0656 e. The Hall–Kier alpha value is -2.43. The minimum Gasteiger partial charge on any atom is -0.0656 e. The minimum absolute atomic E-state index is 0.442. The van der Waals surface area contributed by atoms with Crippen LogP contribution in [-0.4, -0.2) is 16.1 Å². The number of rotatable bonds is 5. The van der Waals surface area contributed by atoms with Crippen LogP contribution < -0.4 is 20.7 Å². The normalized spacial score (nSPS) is 18.3. The van der Waals surface area contributed by atoms with E-state index in [1.807, 2.05) is 0 Å². The zero-order valence-electron chi connectivity index (χ0n) is 23.4. The molecular formula is C33H42Si2. The molecule has 3 aromatic rings. The van der Waals surface area contributed by atoms with Gasteiger partial charge < -0.3 is 0 Å². The van der Waals surface area contributed by atoms with Crippen LogP contribution in [0, 0.1) is 26.7 Å². The van der Waals surface area contributed by atoms with Crippen molar-refractivity contribution in [2.45, 2.75) is 68.1 Å². The molecule has 0 N–H and O–H groups in total. The van der Waals surface area contributed by atoms with Gasteiger partial charge in [-0.05, 0) is 79.7 Å². The van der Waals surface area contributed by atoms with Gasteiger partial charge in [0.15, 0.2) is 8.07 Å². The average Bonchev–Trinajstić information content (AvgIpc) is 3.00. The Balaban J connectivity index is 2.27. The van der Waals surface area contributed by atoms with Gasteiger partial charge >= 0.3 is 0 Å². The predicted molar refractivity (Wildman–Crippen MR) is 161 cm³/mol. The van der Waals surface area contributed by atoms with E-state index in [2.05, 4.69) is 135 Å². The van der Waals surface area contributed by atoms with E-state index in [1.54, 1.807) is 20.8 Å². The lowest BCUT2D eigenvalue weighted by molar-refractivity contribution is 0.851. The van der Waals surface area contributed by atoms with Crippen LogP contribution in [0.3, 0.4) is 0 Å². The maximum atomic E-state index is 2.62. The summed E-state index contributed by atoms with van der Waals surface area (Å²) in [4.78, 5) is 0. The van der Waals surface area contributed by atoms with Gasteiger partial charge in [0.05, 0.1) is 8.07 Å². The molecule has 2 atom stereocenters. The Morgan fingerprint density at radius 3 is 1.83 bits per heavy atom. The summed E-state index contributed by atoms with van der Waals surface area (Å²) in [6.07, 6.45) is 0. The lowest BCUT2D eigenvalue weighted by atomic mass is 10.1. The maximum Gasteiger partial charge on any atom is 0.176 e. The fourth-order valence-electron chi connectivity index (χ4n) is 6.18. The van der Waals surface area contributed by atoms with Crippen LogP contribution in [0.5, 0.6) is 0 Å². The number of allylic oxidation sites excluding steroid dienone is 4. The van der Waals surface area contributed by atoms with Gasteiger partial charge in [-0.1, -0.05) is 120 Å². The molecule has 0 bridgehead atoms. The van der Waals surface area contributed by atoms with Crippen molar-refractivity contribution in [3.05, 3.63) is 105 Å². The van der Waals surface area contributed by atoms with E-state index < -0.39 is 16.1 Å². The second-order valence-electron chi connectivity index (χ2n) is 11.8. The van der Waals surface area contributed by atoms with E-state index in [4.69, 9.17) is 0 Å². The highest BCUT2D eigenvalue weighted by molar-refractivity contribution is 7.16. The molecule has 0 aromatic heterocycles. The molecule has 0 saturated carbocycles. The molecule has 4 rings (SSSR count). The van der Waals surface area contributed by atoms with Gasteiger partial charge in [0.2, 0.25) is 0 Å². The van der Waals surface area contributed by atoms with Crippen molar-refractivity contribution >= 4 is 36.9 Å². The zero-order chi connectivity index (χ0) is 25.7. The molecule has 182 valence electrons. The van der Waals surface area contributed by atoms with Crippen LogP contribution in [0.15, 0.2) is 88.6 Å². The SMILES string of the molecule is CC1=C(C)C(C)C([Si](c2ccccc2)(c2cc(C)cc([Si](C)(C)C)c2)c2cccc(C)c2C)=C1C. The summed E-state index contributed by atoms with van der Waals surface area (Å²) in [6.45, 7) is 23.9. The van der Waals surface area contributed by atoms with Gasteiger partial charge in [0.1, 0.15) is 0 Å². The monoisotopic (exact) mass is 494 g/mol. The quantitative estimate of drug-likeness (QED) is 0.282. The fourth-order valence-corrected chi connectivity index (χ4v) is 13.7. The lowest BCUT2D eigenvalue weighted by Gasteiger charge is -2.40. The molecule has 0 heterocycles. The molecule has 0 aliphatic heterocycles. The van der Waals surface area contributed by atoms with Crippen LogP contribution >= 0.6 is 0 Å². The van der Waals surface area contributed by atoms with Crippen LogP contribution in [0.25, 0.3) is 0 Å². The number of aryl methyl sites for hydroxylation is 2. The van der Waals surface area contributed by atoms with E-state index in [0.717, 1.165) is 0 Å². The molecule has 0 saturated heterocycles. The summed E-state index contributed by atoms with van der Waals surface area (Å²) in [6, 6.07) is 26.1. The van der Waals surface area contributed by atoms with Crippen molar-refractivity contribution in [2.24, 2.45) is 5.92 Å². The molecule has 35 heavy (non-hydrogen) atoms. The Labute approximate surface area is 215 Å². The van der Waals surface area contributed by atoms with Crippen molar-refractivity contribution in [1.82, 2.24) is 0 Å². The summed E-state index contributed by atoms with van der Waals surface area (Å²) in [5.74, 6) is 0.442. The van der Waals surface area contributed by atoms with E-state index in [0.29, 0.717) is 5.92 Å². The van der Waals surface area contributed by atoms with Gasteiger partial charge in [-0.3, -0.25) is 0 Å². The number of hydrogen-bond acceptors (Lipinski definition) is 0. The van der Waals surface area contributed by atoms with E-state index in [9.17, 15) is 0 Å². The molecule has 2 unspecified atom stereocenters. The highest BCUT2D eigenvalue weighted by atomic mass is 28.3. The molecular weight excluding hydrogens is 453 g/mol. The van der Waals surface area contributed by atoms with Gasteiger partial charge in [0, 0.05) is 0 Å². The number of hydrogen-bond donors (Lipinski definition) is 0.